The van der Waals surface area contributed by atoms with E-state index in [1.54, 1.807) is 11.3 Å². The molecule has 1 aliphatic rings. The van der Waals surface area contributed by atoms with E-state index in [1.807, 2.05) is 42.1 Å². The quantitative estimate of drug-likeness (QED) is 0.790. The first kappa shape index (κ1) is 17.3. The molecule has 0 bridgehead atoms. The molecule has 3 amide bonds. The van der Waals surface area contributed by atoms with Gasteiger partial charge in [-0.2, -0.15) is 5.10 Å². The third-order valence-electron chi connectivity index (χ3n) is 4.16. The van der Waals surface area contributed by atoms with Gasteiger partial charge in [-0.3, -0.25) is 24.0 Å². The molecule has 0 radical (unpaired) electrons. The van der Waals surface area contributed by atoms with Gasteiger partial charge in [0.2, 0.25) is 17.7 Å². The number of hydrogen-bond acceptors (Lipinski definition) is 5. The molecular weight excluding hydrogens is 340 g/mol. The Morgan fingerprint density at radius 2 is 2.04 bits per heavy atom. The topological polar surface area (TPSA) is 84.3 Å². The highest BCUT2D eigenvalue weighted by molar-refractivity contribution is 7.10. The highest BCUT2D eigenvalue weighted by Gasteiger charge is 2.30. The molecule has 25 heavy (non-hydrogen) atoms. The number of nitrogens with one attached hydrogen (secondary N) is 1. The van der Waals surface area contributed by atoms with Crippen molar-refractivity contribution < 1.29 is 14.4 Å². The summed E-state index contributed by atoms with van der Waals surface area (Å²) in [6.07, 6.45) is 0.380. The number of carbonyl (C=O) groups is 3. The van der Waals surface area contributed by atoms with Crippen molar-refractivity contribution in [3.63, 3.8) is 0 Å². The summed E-state index contributed by atoms with van der Waals surface area (Å²) in [7, 11) is 0. The minimum Gasteiger partial charge on any atom is -0.352 e. The van der Waals surface area contributed by atoms with E-state index >= 15 is 0 Å². The first-order chi connectivity index (χ1) is 12.0. The third kappa shape index (κ3) is 3.79. The van der Waals surface area contributed by atoms with Crippen LogP contribution in [0.25, 0.3) is 0 Å². The van der Waals surface area contributed by atoms with Crippen LogP contribution in [0.5, 0.6) is 0 Å². The van der Waals surface area contributed by atoms with Gasteiger partial charge in [0.25, 0.3) is 0 Å². The van der Waals surface area contributed by atoms with Crippen LogP contribution in [0, 0.1) is 13.8 Å². The van der Waals surface area contributed by atoms with E-state index in [9.17, 15) is 14.4 Å². The zero-order valence-electron chi connectivity index (χ0n) is 14.2. The van der Waals surface area contributed by atoms with Crippen LogP contribution in [0.2, 0.25) is 0 Å². The fourth-order valence-corrected chi connectivity index (χ4v) is 3.77. The standard InChI is InChI=1S/C17H20N4O3S/c1-11-8-12(2)21(19-11)13(14-4-3-7-25-14)9-18-15(22)10-20-16(23)5-6-17(20)24/h3-4,7-8,13H,5-6,9-10H2,1-2H3,(H,18,22)/t13-/m0/s1. The lowest BCUT2D eigenvalue weighted by atomic mass is 10.2. The van der Waals surface area contributed by atoms with Crippen molar-refractivity contribution in [2.75, 3.05) is 13.1 Å². The molecule has 0 spiro atoms. The Balaban J connectivity index is 1.69. The van der Waals surface area contributed by atoms with E-state index in [0.717, 1.165) is 21.2 Å². The van der Waals surface area contributed by atoms with Gasteiger partial charge in [-0.15, -0.1) is 11.3 Å². The van der Waals surface area contributed by atoms with Gasteiger partial charge in [0.1, 0.15) is 12.6 Å². The van der Waals surface area contributed by atoms with Crippen LogP contribution in [0.15, 0.2) is 23.6 Å². The van der Waals surface area contributed by atoms with Gasteiger partial charge in [-0.25, -0.2) is 0 Å². The van der Waals surface area contributed by atoms with Crippen molar-refractivity contribution in [2.45, 2.75) is 32.7 Å². The molecule has 1 aliphatic heterocycles. The summed E-state index contributed by atoms with van der Waals surface area (Å²) in [5, 5.41) is 9.34. The van der Waals surface area contributed by atoms with Crippen molar-refractivity contribution in [1.29, 1.82) is 0 Å². The fourth-order valence-electron chi connectivity index (χ4n) is 2.96. The van der Waals surface area contributed by atoms with E-state index in [1.165, 1.54) is 0 Å². The maximum Gasteiger partial charge on any atom is 0.240 e. The molecule has 3 heterocycles. The minimum atomic E-state index is -0.341. The van der Waals surface area contributed by atoms with Crippen LogP contribution in [0.1, 0.15) is 35.1 Å². The second-order valence-corrected chi connectivity index (χ2v) is 7.06. The molecule has 1 N–H and O–H groups in total. The smallest absolute Gasteiger partial charge is 0.240 e. The van der Waals surface area contributed by atoms with E-state index in [-0.39, 0.29) is 43.1 Å². The predicted octanol–water partition coefficient (Wildman–Crippen LogP) is 1.42. The van der Waals surface area contributed by atoms with Gasteiger partial charge in [-0.1, -0.05) is 6.07 Å². The number of amides is 3. The molecule has 2 aromatic heterocycles. The van der Waals surface area contributed by atoms with Crippen molar-refractivity contribution in [3.05, 3.63) is 39.8 Å². The molecule has 0 unspecified atom stereocenters. The van der Waals surface area contributed by atoms with Gasteiger partial charge in [-0.05, 0) is 31.4 Å². The number of aromatic nitrogens is 2. The molecule has 0 aliphatic carbocycles. The third-order valence-corrected chi connectivity index (χ3v) is 5.13. The number of aryl methyl sites for hydroxylation is 2. The molecule has 1 atom stereocenters. The average Bonchev–Trinajstić information content (AvgIpc) is 3.27. The Bertz CT molecular complexity index is 781. The number of likely N-dealkylation sites (tertiary alicyclic amines) is 1. The van der Waals surface area contributed by atoms with Crippen LogP contribution in [-0.4, -0.2) is 45.5 Å². The van der Waals surface area contributed by atoms with E-state index in [0.29, 0.717) is 6.54 Å². The van der Waals surface area contributed by atoms with Crippen molar-refractivity contribution in [2.24, 2.45) is 0 Å². The SMILES string of the molecule is Cc1cc(C)n([C@@H](CNC(=O)CN2C(=O)CCC2=O)c2cccs2)n1. The normalized spacial score (nSPS) is 15.7. The number of carbonyl (C=O) groups excluding carboxylic acids is 3. The molecule has 1 fully saturated rings. The molecular formula is C17H20N4O3S. The second kappa shape index (κ2) is 7.18. The maximum absolute atomic E-state index is 12.2. The molecule has 8 heteroatoms. The van der Waals surface area contributed by atoms with Crippen molar-refractivity contribution in [1.82, 2.24) is 20.0 Å². The Morgan fingerprint density at radius 3 is 2.60 bits per heavy atom. The lowest BCUT2D eigenvalue weighted by Gasteiger charge is -2.20. The summed E-state index contributed by atoms with van der Waals surface area (Å²) < 4.78 is 1.90. The first-order valence-electron chi connectivity index (χ1n) is 8.11. The monoisotopic (exact) mass is 360 g/mol. The fraction of sp³-hybridized carbons (Fsp3) is 0.412. The van der Waals surface area contributed by atoms with Crippen molar-refractivity contribution >= 4 is 29.1 Å². The highest BCUT2D eigenvalue weighted by Crippen LogP contribution is 2.24. The Hall–Kier alpha value is -2.48. The summed E-state index contributed by atoms with van der Waals surface area (Å²) in [4.78, 5) is 37.6. The largest absolute Gasteiger partial charge is 0.352 e. The molecule has 0 aromatic carbocycles. The number of thiophene rings is 1. The van der Waals surface area contributed by atoms with Gasteiger partial charge in [0, 0.05) is 30.0 Å². The van der Waals surface area contributed by atoms with Crippen LogP contribution in [0.4, 0.5) is 0 Å². The average molecular weight is 360 g/mol. The van der Waals surface area contributed by atoms with E-state index in [2.05, 4.69) is 10.4 Å². The summed E-state index contributed by atoms with van der Waals surface area (Å²) in [6.45, 7) is 4.03. The number of hydrogen-bond donors (Lipinski definition) is 1. The molecule has 2 aromatic rings. The van der Waals surface area contributed by atoms with Gasteiger partial charge < -0.3 is 5.32 Å². The molecule has 1 saturated heterocycles. The van der Waals surface area contributed by atoms with Gasteiger partial charge in [0.15, 0.2) is 0 Å². The van der Waals surface area contributed by atoms with Crippen molar-refractivity contribution in [3.8, 4) is 0 Å². The van der Waals surface area contributed by atoms with Crippen LogP contribution >= 0.6 is 11.3 Å². The molecule has 0 saturated carbocycles. The number of rotatable bonds is 6. The number of imide groups is 1. The summed E-state index contributed by atoms with van der Waals surface area (Å²) in [5.41, 5.74) is 1.92. The first-order valence-corrected chi connectivity index (χ1v) is 8.99. The maximum atomic E-state index is 12.2. The van der Waals surface area contributed by atoms with E-state index < -0.39 is 0 Å². The van der Waals surface area contributed by atoms with E-state index in [4.69, 9.17) is 0 Å². The lowest BCUT2D eigenvalue weighted by Crippen LogP contribution is -2.41. The Morgan fingerprint density at radius 1 is 1.32 bits per heavy atom. The Kier molecular flexibility index (Phi) is 4.98. The minimum absolute atomic E-state index is 0.123. The Labute approximate surface area is 149 Å². The van der Waals surface area contributed by atoms with Gasteiger partial charge in [0.05, 0.1) is 5.69 Å². The second-order valence-electron chi connectivity index (χ2n) is 6.08. The van der Waals surface area contributed by atoms with Crippen LogP contribution in [-0.2, 0) is 14.4 Å². The lowest BCUT2D eigenvalue weighted by molar-refractivity contribution is -0.142. The van der Waals surface area contributed by atoms with Crippen LogP contribution < -0.4 is 5.32 Å². The summed E-state index contributed by atoms with van der Waals surface area (Å²) in [6, 6.07) is 5.83. The van der Waals surface area contributed by atoms with Gasteiger partial charge >= 0.3 is 0 Å². The van der Waals surface area contributed by atoms with Crippen LogP contribution in [0.3, 0.4) is 0 Å². The zero-order chi connectivity index (χ0) is 18.0. The summed E-state index contributed by atoms with van der Waals surface area (Å²) in [5.74, 6) is -0.909. The highest BCUT2D eigenvalue weighted by atomic mass is 32.1. The molecule has 3 rings (SSSR count). The zero-order valence-corrected chi connectivity index (χ0v) is 15.0. The number of nitrogens with zero attached hydrogens (tertiary/aromatic N) is 3. The molecule has 7 nitrogen and oxygen atoms in total. The summed E-state index contributed by atoms with van der Waals surface area (Å²) >= 11 is 1.60. The molecule has 132 valence electrons. The predicted molar refractivity (Wildman–Crippen MR) is 93.1 cm³/mol.